The van der Waals surface area contributed by atoms with Gasteiger partial charge >= 0.3 is 5.97 Å². The molecule has 0 aliphatic carbocycles. The second-order valence-electron chi connectivity index (χ2n) is 3.73. The van der Waals surface area contributed by atoms with Gasteiger partial charge in [0, 0.05) is 0 Å². The second kappa shape index (κ2) is 4.22. The van der Waals surface area contributed by atoms with Gasteiger partial charge in [0.05, 0.1) is 5.69 Å². The van der Waals surface area contributed by atoms with Crippen LogP contribution in [0.2, 0.25) is 0 Å². The lowest BCUT2D eigenvalue weighted by Gasteiger charge is -2.07. The Bertz CT molecular complexity index is 667. The van der Waals surface area contributed by atoms with Crippen molar-refractivity contribution in [3.63, 3.8) is 0 Å². The van der Waals surface area contributed by atoms with E-state index >= 15 is 0 Å². The number of hydrogen-bond acceptors (Lipinski definition) is 4. The minimum Gasteiger partial charge on any atom is -0.476 e. The lowest BCUT2D eigenvalue weighted by Crippen LogP contribution is -2.10. The summed E-state index contributed by atoms with van der Waals surface area (Å²) in [5, 5.41) is 21.9. The number of nitrogens with two attached hydrogens (primary N) is 1. The van der Waals surface area contributed by atoms with Gasteiger partial charge in [-0.3, -0.25) is 0 Å². The molecule has 6 heteroatoms. The first-order valence-corrected chi connectivity index (χ1v) is 5.14. The van der Waals surface area contributed by atoms with Crippen molar-refractivity contribution in [2.24, 2.45) is 0 Å². The molecule has 1 heterocycles. The van der Waals surface area contributed by atoms with Crippen LogP contribution in [0.5, 0.6) is 0 Å². The average Bonchev–Trinajstić information content (AvgIpc) is 2.66. The van der Waals surface area contributed by atoms with E-state index in [0.717, 1.165) is 5.56 Å². The lowest BCUT2D eigenvalue weighted by atomic mass is 10.2. The molecule has 0 aliphatic heterocycles. The molecule has 2 aromatic rings. The molecule has 0 unspecified atom stereocenters. The zero-order valence-electron chi connectivity index (χ0n) is 9.58. The van der Waals surface area contributed by atoms with Gasteiger partial charge in [-0.2, -0.15) is 10.4 Å². The third-order valence-electron chi connectivity index (χ3n) is 2.57. The number of para-hydroxylation sites is 1. The maximum absolute atomic E-state index is 11.2. The van der Waals surface area contributed by atoms with Crippen LogP contribution in [0.25, 0.3) is 5.69 Å². The quantitative estimate of drug-likeness (QED) is 0.826. The Morgan fingerprint density at radius 1 is 1.50 bits per heavy atom. The predicted molar refractivity (Wildman–Crippen MR) is 64.4 cm³/mol. The van der Waals surface area contributed by atoms with Crippen LogP contribution < -0.4 is 5.73 Å². The molecule has 18 heavy (non-hydrogen) atoms. The van der Waals surface area contributed by atoms with Crippen molar-refractivity contribution in [3.8, 4) is 11.8 Å². The van der Waals surface area contributed by atoms with Gasteiger partial charge in [0.2, 0.25) is 0 Å². The molecule has 0 radical (unpaired) electrons. The maximum atomic E-state index is 11.2. The smallest absolute Gasteiger partial charge is 0.356 e. The second-order valence-corrected chi connectivity index (χ2v) is 3.73. The number of benzene rings is 1. The van der Waals surface area contributed by atoms with E-state index in [1.165, 1.54) is 4.68 Å². The number of nitrogen functional groups attached to an aromatic ring is 1. The zero-order chi connectivity index (χ0) is 13.3. The number of nitrogens with zero attached hydrogens (tertiary/aromatic N) is 3. The molecule has 0 amide bonds. The molecule has 0 saturated heterocycles. The summed E-state index contributed by atoms with van der Waals surface area (Å²) in [5.74, 6) is -1.22. The Labute approximate surface area is 103 Å². The summed E-state index contributed by atoms with van der Waals surface area (Å²) in [6, 6.07) is 8.91. The summed E-state index contributed by atoms with van der Waals surface area (Å²) in [6.07, 6.45) is 0. The minimum atomic E-state index is -1.22. The van der Waals surface area contributed by atoms with Gasteiger partial charge in [-0.15, -0.1) is 0 Å². The SMILES string of the molecule is Cc1ccccc1-n1nc(C#N)c(N)c1C(=O)O. The predicted octanol–water partition coefficient (Wildman–Crippen LogP) is 1.33. The summed E-state index contributed by atoms with van der Waals surface area (Å²) in [4.78, 5) is 11.2. The molecule has 0 aliphatic rings. The summed E-state index contributed by atoms with van der Waals surface area (Å²) in [7, 11) is 0. The van der Waals surface area contributed by atoms with Crippen molar-refractivity contribution in [1.29, 1.82) is 5.26 Å². The molecular formula is C12H10N4O2. The van der Waals surface area contributed by atoms with Gasteiger partial charge in [0.1, 0.15) is 11.8 Å². The number of rotatable bonds is 2. The highest BCUT2D eigenvalue weighted by Gasteiger charge is 2.22. The highest BCUT2D eigenvalue weighted by molar-refractivity contribution is 5.93. The number of anilines is 1. The van der Waals surface area contributed by atoms with Crippen molar-refractivity contribution in [2.45, 2.75) is 6.92 Å². The Kier molecular flexibility index (Phi) is 2.73. The number of hydrogen-bond donors (Lipinski definition) is 2. The Hall–Kier alpha value is -2.81. The minimum absolute atomic E-state index is 0.0874. The fraction of sp³-hybridized carbons (Fsp3) is 0.0833. The largest absolute Gasteiger partial charge is 0.476 e. The van der Waals surface area contributed by atoms with Gasteiger partial charge in [0.25, 0.3) is 0 Å². The maximum Gasteiger partial charge on any atom is 0.356 e. The number of carbonyl (C=O) groups is 1. The summed E-state index contributed by atoms with van der Waals surface area (Å²) < 4.78 is 1.19. The molecule has 0 fully saturated rings. The van der Waals surface area contributed by atoms with Crippen molar-refractivity contribution >= 4 is 11.7 Å². The van der Waals surface area contributed by atoms with Crippen LogP contribution in [-0.4, -0.2) is 20.9 Å². The molecule has 2 rings (SSSR count). The van der Waals surface area contributed by atoms with Crippen molar-refractivity contribution < 1.29 is 9.90 Å². The molecule has 0 bridgehead atoms. The zero-order valence-corrected chi connectivity index (χ0v) is 9.58. The normalized spacial score (nSPS) is 10.0. The number of aromatic nitrogens is 2. The molecule has 1 aromatic carbocycles. The van der Waals surface area contributed by atoms with Crippen LogP contribution in [0.1, 0.15) is 21.7 Å². The first-order valence-electron chi connectivity index (χ1n) is 5.14. The Morgan fingerprint density at radius 2 is 2.17 bits per heavy atom. The van der Waals surface area contributed by atoms with E-state index in [9.17, 15) is 4.79 Å². The van der Waals surface area contributed by atoms with Gasteiger partial charge in [-0.1, -0.05) is 18.2 Å². The van der Waals surface area contributed by atoms with E-state index in [1.807, 2.05) is 19.1 Å². The van der Waals surface area contributed by atoms with E-state index in [4.69, 9.17) is 16.1 Å². The molecule has 0 atom stereocenters. The van der Waals surface area contributed by atoms with Crippen LogP contribution in [0.4, 0.5) is 5.69 Å². The molecule has 0 saturated carbocycles. The lowest BCUT2D eigenvalue weighted by molar-refractivity contribution is 0.0688. The van der Waals surface area contributed by atoms with Crippen molar-refractivity contribution in [3.05, 3.63) is 41.2 Å². The molecule has 0 spiro atoms. The summed E-state index contributed by atoms with van der Waals surface area (Å²) in [6.45, 7) is 1.82. The number of nitriles is 1. The number of aryl methyl sites for hydroxylation is 1. The van der Waals surface area contributed by atoms with Gasteiger partial charge < -0.3 is 10.8 Å². The van der Waals surface area contributed by atoms with Crippen LogP contribution in [0.15, 0.2) is 24.3 Å². The van der Waals surface area contributed by atoms with Gasteiger partial charge in [0.15, 0.2) is 11.4 Å². The number of aromatic carboxylic acids is 1. The van der Waals surface area contributed by atoms with E-state index in [2.05, 4.69) is 5.10 Å². The molecule has 1 aromatic heterocycles. The van der Waals surface area contributed by atoms with Crippen LogP contribution in [0, 0.1) is 18.3 Å². The summed E-state index contributed by atoms with van der Waals surface area (Å²) >= 11 is 0. The monoisotopic (exact) mass is 242 g/mol. The molecule has 3 N–H and O–H groups in total. The topological polar surface area (TPSA) is 105 Å². The fourth-order valence-corrected chi connectivity index (χ4v) is 1.69. The first-order chi connectivity index (χ1) is 8.56. The molecular weight excluding hydrogens is 232 g/mol. The van der Waals surface area contributed by atoms with E-state index < -0.39 is 5.97 Å². The highest BCUT2D eigenvalue weighted by atomic mass is 16.4. The van der Waals surface area contributed by atoms with E-state index in [-0.39, 0.29) is 17.1 Å². The Balaban J connectivity index is 2.77. The first kappa shape index (κ1) is 11.7. The van der Waals surface area contributed by atoms with E-state index in [1.54, 1.807) is 18.2 Å². The van der Waals surface area contributed by atoms with Crippen molar-refractivity contribution in [1.82, 2.24) is 9.78 Å². The standard InChI is InChI=1S/C12H10N4O2/c1-7-4-2-3-5-9(7)16-11(12(17)18)10(14)8(6-13)15-16/h2-5H,14H2,1H3,(H,17,18). The van der Waals surface area contributed by atoms with Crippen molar-refractivity contribution in [2.75, 3.05) is 5.73 Å². The Morgan fingerprint density at radius 3 is 2.72 bits per heavy atom. The van der Waals surface area contributed by atoms with Crippen LogP contribution in [0.3, 0.4) is 0 Å². The fourth-order valence-electron chi connectivity index (χ4n) is 1.69. The number of carboxylic acids is 1. The van der Waals surface area contributed by atoms with E-state index in [0.29, 0.717) is 5.69 Å². The average molecular weight is 242 g/mol. The highest BCUT2D eigenvalue weighted by Crippen LogP contribution is 2.22. The third kappa shape index (κ3) is 1.68. The number of carboxylic acid groups (broad SMARTS) is 1. The van der Waals surface area contributed by atoms with Crippen LogP contribution >= 0.6 is 0 Å². The van der Waals surface area contributed by atoms with Gasteiger partial charge in [-0.25, -0.2) is 9.48 Å². The van der Waals surface area contributed by atoms with Crippen LogP contribution in [-0.2, 0) is 0 Å². The van der Waals surface area contributed by atoms with Gasteiger partial charge in [-0.05, 0) is 18.6 Å². The third-order valence-corrected chi connectivity index (χ3v) is 2.57. The molecule has 90 valence electrons. The molecule has 6 nitrogen and oxygen atoms in total. The summed E-state index contributed by atoms with van der Waals surface area (Å²) in [5.41, 5.74) is 6.64.